The lowest BCUT2D eigenvalue weighted by atomic mass is 9.90. The largest absolute Gasteiger partial charge is 0.356 e. The maximum absolute atomic E-state index is 13.0. The maximum Gasteiger partial charge on any atom is 0.246 e. The predicted octanol–water partition coefficient (Wildman–Crippen LogP) is 3.61. The number of carbonyl (C=O) groups excluding carboxylic acids is 2. The quantitative estimate of drug-likeness (QED) is 0.549. The number of nitrogens with one attached hydrogen (secondary N) is 1. The Bertz CT molecular complexity index is 935. The minimum absolute atomic E-state index is 0.0306. The molecule has 5 nitrogen and oxygen atoms in total. The van der Waals surface area contributed by atoms with Crippen LogP contribution >= 0.6 is 0 Å². The summed E-state index contributed by atoms with van der Waals surface area (Å²) in [5.74, 6) is -0.0790. The number of hydrogen-bond donors (Lipinski definition) is 1. The number of carbonyl (C=O) groups is 2. The Hall–Kier alpha value is -3.02. The van der Waals surface area contributed by atoms with E-state index in [2.05, 4.69) is 10.3 Å². The van der Waals surface area contributed by atoms with Crippen LogP contribution in [0, 0.1) is 17.2 Å². The molecule has 6 heteroatoms. The molecule has 2 fully saturated rings. The van der Waals surface area contributed by atoms with E-state index >= 15 is 0 Å². The summed E-state index contributed by atoms with van der Waals surface area (Å²) in [4.78, 5) is 30.9. The highest BCUT2D eigenvalue weighted by molar-refractivity contribution is 5.92. The number of amides is 2. The molecule has 1 spiro atoms. The molecule has 2 heterocycles. The van der Waals surface area contributed by atoms with E-state index in [9.17, 15) is 14.0 Å². The van der Waals surface area contributed by atoms with Gasteiger partial charge >= 0.3 is 0 Å². The van der Waals surface area contributed by atoms with Gasteiger partial charge in [0.25, 0.3) is 0 Å². The van der Waals surface area contributed by atoms with Gasteiger partial charge < -0.3 is 10.2 Å². The molecular weight excluding hydrogens is 393 g/mol. The van der Waals surface area contributed by atoms with E-state index in [1.54, 1.807) is 36.7 Å². The summed E-state index contributed by atoms with van der Waals surface area (Å²) in [6.45, 7) is 2.04. The number of halogens is 1. The Morgan fingerprint density at radius 2 is 1.84 bits per heavy atom. The lowest BCUT2D eigenvalue weighted by Crippen LogP contribution is -2.40. The summed E-state index contributed by atoms with van der Waals surface area (Å²) >= 11 is 0. The summed E-state index contributed by atoms with van der Waals surface area (Å²) in [6.07, 6.45) is 11.4. The van der Waals surface area contributed by atoms with Crippen molar-refractivity contribution in [3.8, 4) is 0 Å². The van der Waals surface area contributed by atoms with Crippen molar-refractivity contribution in [1.29, 1.82) is 0 Å². The summed E-state index contributed by atoms with van der Waals surface area (Å²) in [7, 11) is 0. The van der Waals surface area contributed by atoms with Gasteiger partial charge in [0, 0.05) is 44.0 Å². The zero-order valence-corrected chi connectivity index (χ0v) is 17.6. The second-order valence-corrected chi connectivity index (χ2v) is 8.58. The molecule has 1 aromatic heterocycles. The van der Waals surface area contributed by atoms with Crippen molar-refractivity contribution in [1.82, 2.24) is 15.2 Å². The third-order valence-electron chi connectivity index (χ3n) is 6.56. The molecule has 1 saturated carbocycles. The monoisotopic (exact) mass is 421 g/mol. The third-order valence-corrected chi connectivity index (χ3v) is 6.56. The van der Waals surface area contributed by atoms with Gasteiger partial charge in [-0.3, -0.25) is 14.6 Å². The molecule has 1 saturated heterocycles. The first-order valence-corrected chi connectivity index (χ1v) is 10.9. The van der Waals surface area contributed by atoms with E-state index in [4.69, 9.17) is 0 Å². The molecule has 31 heavy (non-hydrogen) atoms. The lowest BCUT2D eigenvalue weighted by molar-refractivity contribution is -0.127. The highest BCUT2D eigenvalue weighted by Gasteiger charge is 2.58. The van der Waals surface area contributed by atoms with E-state index < -0.39 is 0 Å². The number of nitrogens with zero attached hydrogens (tertiary/aromatic N) is 2. The fourth-order valence-electron chi connectivity index (χ4n) is 4.47. The second kappa shape index (κ2) is 9.41. The predicted molar refractivity (Wildman–Crippen MR) is 117 cm³/mol. The van der Waals surface area contributed by atoms with Crippen LogP contribution in [-0.4, -0.2) is 41.3 Å². The average Bonchev–Trinajstić information content (AvgIpc) is 3.50. The van der Waals surface area contributed by atoms with Gasteiger partial charge in [-0.15, -0.1) is 0 Å². The summed E-state index contributed by atoms with van der Waals surface area (Å²) in [5, 5.41) is 3.09. The molecule has 1 unspecified atom stereocenters. The van der Waals surface area contributed by atoms with Gasteiger partial charge in [0.2, 0.25) is 11.8 Å². The Labute approximate surface area is 182 Å². The van der Waals surface area contributed by atoms with E-state index in [0.717, 1.165) is 37.7 Å². The van der Waals surface area contributed by atoms with Crippen molar-refractivity contribution in [2.75, 3.05) is 19.6 Å². The van der Waals surface area contributed by atoms with Crippen LogP contribution in [0.4, 0.5) is 4.39 Å². The van der Waals surface area contributed by atoms with Gasteiger partial charge in [0.15, 0.2) is 0 Å². The van der Waals surface area contributed by atoms with E-state index in [0.29, 0.717) is 19.6 Å². The number of hydrogen-bond acceptors (Lipinski definition) is 3. The molecular formula is C25H28FN3O2. The second-order valence-electron chi connectivity index (χ2n) is 8.58. The van der Waals surface area contributed by atoms with Gasteiger partial charge in [-0.25, -0.2) is 4.39 Å². The molecule has 1 N–H and O–H groups in total. The molecule has 4 rings (SSSR count). The van der Waals surface area contributed by atoms with Crippen molar-refractivity contribution >= 4 is 17.9 Å². The number of benzene rings is 1. The minimum Gasteiger partial charge on any atom is -0.356 e. The van der Waals surface area contributed by atoms with E-state index in [1.165, 1.54) is 17.7 Å². The summed E-state index contributed by atoms with van der Waals surface area (Å²) in [5.41, 5.74) is 2.11. The molecule has 162 valence electrons. The SMILES string of the molecule is O=C(NCCCc1ccncc1)C1CC12CCN(C(=O)/C=C/c1ccc(F)cc1)CC2. The zero-order valence-electron chi connectivity index (χ0n) is 17.6. The fraction of sp³-hybridized carbons (Fsp3) is 0.400. The Morgan fingerprint density at radius 3 is 2.55 bits per heavy atom. The number of likely N-dealkylation sites (tertiary alicyclic amines) is 1. The van der Waals surface area contributed by atoms with Crippen LogP contribution in [0.25, 0.3) is 6.08 Å². The Balaban J connectivity index is 1.18. The zero-order chi connectivity index (χ0) is 21.7. The van der Waals surface area contributed by atoms with Crippen molar-refractivity contribution in [2.24, 2.45) is 11.3 Å². The van der Waals surface area contributed by atoms with Gasteiger partial charge in [-0.05, 0) is 79.0 Å². The maximum atomic E-state index is 13.0. The molecule has 1 atom stereocenters. The lowest BCUT2D eigenvalue weighted by Gasteiger charge is -2.32. The minimum atomic E-state index is -0.290. The van der Waals surface area contributed by atoms with Crippen LogP contribution in [0.2, 0.25) is 0 Å². The number of rotatable bonds is 7. The van der Waals surface area contributed by atoms with Crippen LogP contribution in [0.1, 0.15) is 36.8 Å². The highest BCUT2D eigenvalue weighted by atomic mass is 19.1. The third kappa shape index (κ3) is 5.37. The molecule has 1 aliphatic heterocycles. The first-order valence-electron chi connectivity index (χ1n) is 10.9. The summed E-state index contributed by atoms with van der Waals surface area (Å²) < 4.78 is 13.0. The number of pyridine rings is 1. The molecule has 0 bridgehead atoms. The molecule has 2 aromatic rings. The van der Waals surface area contributed by atoms with E-state index in [-0.39, 0.29) is 29.0 Å². The standard InChI is InChI=1S/C25H28FN3O2/c26-21-6-3-20(4-7-21)5-8-23(30)29-16-11-25(12-17-29)18-22(25)24(31)28-13-1-2-19-9-14-27-15-10-19/h3-10,14-15,22H,1-2,11-13,16-18H2,(H,28,31)/b8-5+. The van der Waals surface area contributed by atoms with Crippen molar-refractivity contribution in [3.05, 3.63) is 71.8 Å². The molecule has 1 aliphatic carbocycles. The average molecular weight is 422 g/mol. The van der Waals surface area contributed by atoms with Crippen molar-refractivity contribution in [3.63, 3.8) is 0 Å². The molecule has 2 amide bonds. The Morgan fingerprint density at radius 1 is 1.13 bits per heavy atom. The highest BCUT2D eigenvalue weighted by Crippen LogP contribution is 2.59. The van der Waals surface area contributed by atoms with E-state index in [1.807, 2.05) is 17.0 Å². The van der Waals surface area contributed by atoms with Crippen LogP contribution in [-0.2, 0) is 16.0 Å². The first-order chi connectivity index (χ1) is 15.1. The van der Waals surface area contributed by atoms with Gasteiger partial charge in [-0.2, -0.15) is 0 Å². The Kier molecular flexibility index (Phi) is 6.44. The van der Waals surface area contributed by atoms with Gasteiger partial charge in [-0.1, -0.05) is 12.1 Å². The van der Waals surface area contributed by atoms with Crippen LogP contribution in [0.5, 0.6) is 0 Å². The first kappa shape index (κ1) is 21.2. The van der Waals surface area contributed by atoms with Crippen LogP contribution in [0.15, 0.2) is 54.9 Å². The molecule has 2 aliphatic rings. The van der Waals surface area contributed by atoms with Crippen LogP contribution in [0.3, 0.4) is 0 Å². The number of aromatic nitrogens is 1. The van der Waals surface area contributed by atoms with Gasteiger partial charge in [0.1, 0.15) is 5.82 Å². The fourth-order valence-corrected chi connectivity index (χ4v) is 4.47. The topological polar surface area (TPSA) is 62.3 Å². The number of piperidine rings is 1. The summed E-state index contributed by atoms with van der Waals surface area (Å²) in [6, 6.07) is 10.1. The smallest absolute Gasteiger partial charge is 0.246 e. The molecule has 1 aromatic carbocycles. The number of aryl methyl sites for hydroxylation is 1. The van der Waals surface area contributed by atoms with Crippen molar-refractivity contribution < 1.29 is 14.0 Å². The van der Waals surface area contributed by atoms with Crippen LogP contribution < -0.4 is 5.32 Å². The normalized spacial score (nSPS) is 19.5. The van der Waals surface area contributed by atoms with Gasteiger partial charge in [0.05, 0.1) is 0 Å². The molecule has 0 radical (unpaired) electrons. The van der Waals surface area contributed by atoms with Crippen molar-refractivity contribution in [2.45, 2.75) is 32.1 Å².